The van der Waals surface area contributed by atoms with Crippen LogP contribution in [0, 0.1) is 6.92 Å². The molecule has 0 unspecified atom stereocenters. The molecule has 0 radical (unpaired) electrons. The van der Waals surface area contributed by atoms with Crippen LogP contribution in [0.4, 0.5) is 0 Å². The van der Waals surface area contributed by atoms with Gasteiger partial charge in [0.25, 0.3) is 0 Å². The van der Waals surface area contributed by atoms with Gasteiger partial charge < -0.3 is 0 Å². The van der Waals surface area contributed by atoms with Crippen molar-refractivity contribution in [1.82, 2.24) is 0 Å². The second kappa shape index (κ2) is 7.44. The van der Waals surface area contributed by atoms with Gasteiger partial charge in [0.05, 0.1) is 0 Å². The van der Waals surface area contributed by atoms with Crippen molar-refractivity contribution in [3.05, 3.63) is 83.4 Å². The molecule has 0 N–H and O–H groups in total. The van der Waals surface area contributed by atoms with E-state index in [1.165, 1.54) is 21.9 Å². The zero-order valence-electron chi connectivity index (χ0n) is 14.5. The summed E-state index contributed by atoms with van der Waals surface area (Å²) >= 11 is 0. The second-order valence-corrected chi connectivity index (χ2v) is 6.60. The van der Waals surface area contributed by atoms with E-state index in [0.29, 0.717) is 12.2 Å². The Kier molecular flexibility index (Phi) is 5.10. The number of carbonyl (C=O) groups is 1. The summed E-state index contributed by atoms with van der Waals surface area (Å²) in [5, 5.41) is 2.40. The molecule has 3 aromatic carbocycles. The quantitative estimate of drug-likeness (QED) is 0.558. The van der Waals surface area contributed by atoms with E-state index in [2.05, 4.69) is 55.5 Å². The Morgan fingerprint density at radius 1 is 0.958 bits per heavy atom. The Morgan fingerprint density at radius 3 is 2.54 bits per heavy atom. The van der Waals surface area contributed by atoms with Crippen molar-refractivity contribution in [3.63, 3.8) is 0 Å². The molecule has 0 saturated carbocycles. The second-order valence-electron chi connectivity index (χ2n) is 6.60. The van der Waals surface area contributed by atoms with Gasteiger partial charge in [0.2, 0.25) is 0 Å². The van der Waals surface area contributed by atoms with E-state index in [0.717, 1.165) is 18.4 Å². The lowest BCUT2D eigenvalue weighted by Crippen LogP contribution is -2.10. The van der Waals surface area contributed by atoms with E-state index in [1.54, 1.807) is 0 Å². The van der Waals surface area contributed by atoms with Crippen molar-refractivity contribution in [2.24, 2.45) is 0 Å². The summed E-state index contributed by atoms with van der Waals surface area (Å²) in [6.45, 7) is 4.15. The molecule has 122 valence electrons. The zero-order chi connectivity index (χ0) is 16.9. The third kappa shape index (κ3) is 3.73. The van der Waals surface area contributed by atoms with Crippen LogP contribution in [0.1, 0.15) is 42.4 Å². The largest absolute Gasteiger partial charge is 0.299 e. The van der Waals surface area contributed by atoms with Gasteiger partial charge in [0, 0.05) is 12.3 Å². The third-order valence-corrected chi connectivity index (χ3v) is 4.74. The van der Waals surface area contributed by atoms with Crippen LogP contribution >= 0.6 is 0 Å². The SMILES string of the molecule is Cc1cccc(CCCC(=O)[C@H](C)c2cccc3ccccc23)c1. The lowest BCUT2D eigenvalue weighted by Gasteiger charge is -2.14. The Balaban J connectivity index is 1.66. The highest BCUT2D eigenvalue weighted by atomic mass is 16.1. The minimum Gasteiger partial charge on any atom is -0.299 e. The average molecular weight is 316 g/mol. The van der Waals surface area contributed by atoms with Gasteiger partial charge in [0.1, 0.15) is 5.78 Å². The first-order valence-electron chi connectivity index (χ1n) is 8.71. The molecule has 0 aromatic heterocycles. The predicted octanol–water partition coefficient (Wildman–Crippen LogP) is 5.84. The maximum absolute atomic E-state index is 12.6. The number of fused-ring (bicyclic) bond motifs is 1. The molecule has 1 heteroatoms. The van der Waals surface area contributed by atoms with Crippen LogP contribution in [0.25, 0.3) is 10.8 Å². The van der Waals surface area contributed by atoms with Gasteiger partial charge in [-0.3, -0.25) is 4.79 Å². The summed E-state index contributed by atoms with van der Waals surface area (Å²) in [6.07, 6.45) is 2.52. The van der Waals surface area contributed by atoms with Crippen LogP contribution in [0.2, 0.25) is 0 Å². The minimum absolute atomic E-state index is 0.0476. The molecule has 1 nitrogen and oxygen atoms in total. The first kappa shape index (κ1) is 16.4. The number of rotatable bonds is 6. The van der Waals surface area contributed by atoms with Crippen molar-refractivity contribution in [2.75, 3.05) is 0 Å². The number of aryl methyl sites for hydroxylation is 2. The van der Waals surface area contributed by atoms with E-state index < -0.39 is 0 Å². The van der Waals surface area contributed by atoms with Crippen molar-refractivity contribution >= 4 is 16.6 Å². The molecule has 0 aliphatic rings. The number of benzene rings is 3. The first-order chi connectivity index (χ1) is 11.6. The van der Waals surface area contributed by atoms with Gasteiger partial charge in [-0.2, -0.15) is 0 Å². The molecule has 0 spiro atoms. The molecule has 24 heavy (non-hydrogen) atoms. The summed E-state index contributed by atoms with van der Waals surface area (Å²) in [6, 6.07) is 23.1. The van der Waals surface area contributed by atoms with E-state index in [9.17, 15) is 4.79 Å². The molecule has 3 aromatic rings. The number of hydrogen-bond acceptors (Lipinski definition) is 1. The fraction of sp³-hybridized carbons (Fsp3) is 0.261. The Bertz CT molecular complexity index is 842. The Labute approximate surface area is 144 Å². The molecule has 0 fully saturated rings. The molecule has 0 bridgehead atoms. The molecule has 0 aliphatic heterocycles. The average Bonchev–Trinajstić information content (AvgIpc) is 2.60. The van der Waals surface area contributed by atoms with Crippen LogP contribution in [0.5, 0.6) is 0 Å². The highest BCUT2D eigenvalue weighted by molar-refractivity contribution is 5.93. The molecule has 0 saturated heterocycles. The smallest absolute Gasteiger partial charge is 0.140 e. The summed E-state index contributed by atoms with van der Waals surface area (Å²) in [7, 11) is 0. The summed E-state index contributed by atoms with van der Waals surface area (Å²) in [4.78, 5) is 12.6. The fourth-order valence-corrected chi connectivity index (χ4v) is 3.35. The standard InChI is InChI=1S/C23H24O/c1-17-8-5-9-19(16-17)10-6-15-23(24)18(2)21-14-7-12-20-11-3-4-13-22(20)21/h3-5,7-9,11-14,16,18H,6,10,15H2,1-2H3/t18-/m1/s1. The summed E-state index contributed by atoms with van der Waals surface area (Å²) in [5.41, 5.74) is 3.75. The van der Waals surface area contributed by atoms with Gasteiger partial charge in [0.15, 0.2) is 0 Å². The number of carbonyl (C=O) groups excluding carboxylic acids is 1. The number of ketones is 1. The summed E-state index contributed by atoms with van der Waals surface area (Å²) in [5.74, 6) is 0.285. The molecule has 1 atom stereocenters. The highest BCUT2D eigenvalue weighted by Gasteiger charge is 2.16. The maximum atomic E-state index is 12.6. The van der Waals surface area contributed by atoms with Gasteiger partial charge in [-0.05, 0) is 41.7 Å². The molecule has 0 amide bonds. The molecule has 3 rings (SSSR count). The fourth-order valence-electron chi connectivity index (χ4n) is 3.35. The topological polar surface area (TPSA) is 17.1 Å². The number of Topliss-reactive ketones (excluding diaryl/α,β-unsaturated/α-hetero) is 1. The Morgan fingerprint density at radius 2 is 1.71 bits per heavy atom. The van der Waals surface area contributed by atoms with Crippen molar-refractivity contribution in [2.45, 2.75) is 39.0 Å². The molecule has 0 heterocycles. The zero-order valence-corrected chi connectivity index (χ0v) is 14.5. The van der Waals surface area contributed by atoms with Crippen LogP contribution in [0.3, 0.4) is 0 Å². The van der Waals surface area contributed by atoms with E-state index in [4.69, 9.17) is 0 Å². The molecular weight excluding hydrogens is 292 g/mol. The molecular formula is C23H24O. The maximum Gasteiger partial charge on any atom is 0.140 e. The minimum atomic E-state index is -0.0476. The predicted molar refractivity (Wildman–Crippen MR) is 101 cm³/mol. The van der Waals surface area contributed by atoms with Crippen molar-refractivity contribution < 1.29 is 4.79 Å². The van der Waals surface area contributed by atoms with E-state index >= 15 is 0 Å². The van der Waals surface area contributed by atoms with Gasteiger partial charge in [-0.1, -0.05) is 79.2 Å². The van der Waals surface area contributed by atoms with Gasteiger partial charge in [-0.15, -0.1) is 0 Å². The van der Waals surface area contributed by atoms with Crippen LogP contribution in [-0.2, 0) is 11.2 Å². The third-order valence-electron chi connectivity index (χ3n) is 4.74. The first-order valence-corrected chi connectivity index (χ1v) is 8.71. The lowest BCUT2D eigenvalue weighted by atomic mass is 9.89. The van der Waals surface area contributed by atoms with Crippen molar-refractivity contribution in [3.8, 4) is 0 Å². The monoisotopic (exact) mass is 316 g/mol. The van der Waals surface area contributed by atoms with Crippen LogP contribution in [0.15, 0.2) is 66.7 Å². The van der Waals surface area contributed by atoms with Crippen LogP contribution in [-0.4, -0.2) is 5.78 Å². The molecule has 0 aliphatic carbocycles. The lowest BCUT2D eigenvalue weighted by molar-refractivity contribution is -0.120. The van der Waals surface area contributed by atoms with Gasteiger partial charge in [-0.25, -0.2) is 0 Å². The van der Waals surface area contributed by atoms with Gasteiger partial charge >= 0.3 is 0 Å². The van der Waals surface area contributed by atoms with Crippen molar-refractivity contribution in [1.29, 1.82) is 0 Å². The van der Waals surface area contributed by atoms with E-state index in [1.807, 2.05) is 25.1 Å². The van der Waals surface area contributed by atoms with E-state index in [-0.39, 0.29) is 5.92 Å². The number of hydrogen-bond donors (Lipinski definition) is 0. The Hall–Kier alpha value is -2.41. The van der Waals surface area contributed by atoms with Crippen LogP contribution < -0.4 is 0 Å². The summed E-state index contributed by atoms with van der Waals surface area (Å²) < 4.78 is 0. The highest BCUT2D eigenvalue weighted by Crippen LogP contribution is 2.27. The normalized spacial score (nSPS) is 12.2.